The van der Waals surface area contributed by atoms with Gasteiger partial charge in [0.25, 0.3) is 0 Å². The Morgan fingerprint density at radius 3 is 2.23 bits per heavy atom. The molecule has 0 aromatic carbocycles. The zero-order valence-corrected chi connectivity index (χ0v) is 9.05. The van der Waals surface area contributed by atoms with Gasteiger partial charge in [0.2, 0.25) is 0 Å². The van der Waals surface area contributed by atoms with Gasteiger partial charge in [0, 0.05) is 6.61 Å². The number of ether oxygens (including phenoxy) is 1. The number of rotatable bonds is 7. The smallest absolute Gasteiger partial charge is 0.0937 e. The number of hydrogen-bond acceptors (Lipinski definition) is 2. The molecule has 2 nitrogen and oxygen atoms in total. The van der Waals surface area contributed by atoms with Crippen molar-refractivity contribution in [1.82, 2.24) is 0 Å². The summed E-state index contributed by atoms with van der Waals surface area (Å²) in [5.41, 5.74) is -0.372. The molecule has 0 radical (unpaired) electrons. The van der Waals surface area contributed by atoms with Gasteiger partial charge in [0.15, 0.2) is 0 Å². The predicted octanol–water partition coefficient (Wildman–Crippen LogP) is 2.52. The highest BCUT2D eigenvalue weighted by Crippen LogP contribution is 2.26. The van der Waals surface area contributed by atoms with Gasteiger partial charge >= 0.3 is 0 Å². The van der Waals surface area contributed by atoms with E-state index in [9.17, 15) is 5.11 Å². The summed E-state index contributed by atoms with van der Waals surface area (Å²) in [5, 5.41) is 9.89. The first kappa shape index (κ1) is 12.7. The van der Waals surface area contributed by atoms with E-state index in [0.29, 0.717) is 13.0 Å². The molecule has 1 atom stereocenters. The first-order valence-electron chi connectivity index (χ1n) is 5.09. The van der Waals surface area contributed by atoms with Gasteiger partial charge in [-0.25, -0.2) is 0 Å². The third-order valence-corrected chi connectivity index (χ3v) is 2.63. The first-order valence-corrected chi connectivity index (χ1v) is 5.09. The van der Waals surface area contributed by atoms with Crippen molar-refractivity contribution >= 4 is 0 Å². The number of hydrogen-bond donors (Lipinski definition) is 1. The van der Waals surface area contributed by atoms with Crippen LogP contribution in [0.15, 0.2) is 12.7 Å². The van der Waals surface area contributed by atoms with E-state index in [0.717, 1.165) is 12.8 Å². The van der Waals surface area contributed by atoms with Gasteiger partial charge in [-0.3, -0.25) is 0 Å². The Labute approximate surface area is 81.6 Å². The van der Waals surface area contributed by atoms with E-state index in [4.69, 9.17) is 4.74 Å². The Kier molecular flexibility index (Phi) is 6.00. The third kappa shape index (κ3) is 3.12. The van der Waals surface area contributed by atoms with Crippen LogP contribution in [-0.4, -0.2) is 23.4 Å². The van der Waals surface area contributed by atoms with Crippen LogP contribution in [0.5, 0.6) is 0 Å². The van der Waals surface area contributed by atoms with Gasteiger partial charge in [0.05, 0.1) is 11.7 Å². The summed E-state index contributed by atoms with van der Waals surface area (Å²) in [4.78, 5) is 0. The largest absolute Gasteiger partial charge is 0.390 e. The summed E-state index contributed by atoms with van der Waals surface area (Å²) in [7, 11) is 0. The highest BCUT2D eigenvalue weighted by atomic mass is 16.5. The molecule has 0 aromatic rings. The molecule has 2 heteroatoms. The van der Waals surface area contributed by atoms with Crippen LogP contribution in [0.25, 0.3) is 0 Å². The molecule has 0 aliphatic heterocycles. The maximum atomic E-state index is 9.89. The highest BCUT2D eigenvalue weighted by molar-refractivity contribution is 4.90. The van der Waals surface area contributed by atoms with Crippen molar-refractivity contribution in [2.45, 2.75) is 51.7 Å². The molecule has 0 rings (SSSR count). The molecule has 1 N–H and O–H groups in total. The average molecular weight is 186 g/mol. The number of aliphatic hydroxyl groups is 1. The molecule has 0 amide bonds. The zero-order valence-electron chi connectivity index (χ0n) is 9.05. The molecular weight excluding hydrogens is 164 g/mol. The van der Waals surface area contributed by atoms with Gasteiger partial charge in [0.1, 0.15) is 0 Å². The topological polar surface area (TPSA) is 29.5 Å². The molecule has 13 heavy (non-hydrogen) atoms. The lowest BCUT2D eigenvalue weighted by Crippen LogP contribution is -2.43. The second kappa shape index (κ2) is 6.17. The fourth-order valence-corrected chi connectivity index (χ4v) is 1.68. The minimum absolute atomic E-state index is 0.372. The molecule has 0 saturated heterocycles. The van der Waals surface area contributed by atoms with E-state index in [2.05, 4.69) is 6.58 Å². The molecule has 78 valence electrons. The zero-order chi connectivity index (χ0) is 10.3. The molecule has 0 heterocycles. The SMILES string of the molecule is C=CCC(O)C(CC)(CC)OCC. The van der Waals surface area contributed by atoms with Crippen LogP contribution in [-0.2, 0) is 4.74 Å². The summed E-state index contributed by atoms with van der Waals surface area (Å²) in [6.07, 6.45) is 3.59. The van der Waals surface area contributed by atoms with Gasteiger partial charge in [-0.05, 0) is 26.2 Å². The van der Waals surface area contributed by atoms with Crippen LogP contribution in [0, 0.1) is 0 Å². The van der Waals surface area contributed by atoms with E-state index in [1.54, 1.807) is 6.08 Å². The van der Waals surface area contributed by atoms with E-state index in [-0.39, 0.29) is 5.60 Å². The Morgan fingerprint density at radius 2 is 1.92 bits per heavy atom. The van der Waals surface area contributed by atoms with Gasteiger partial charge < -0.3 is 9.84 Å². The maximum Gasteiger partial charge on any atom is 0.0937 e. The second-order valence-corrected chi connectivity index (χ2v) is 3.25. The predicted molar refractivity (Wildman–Crippen MR) is 55.8 cm³/mol. The lowest BCUT2D eigenvalue weighted by molar-refractivity contribution is -0.123. The highest BCUT2D eigenvalue weighted by Gasteiger charge is 2.34. The Morgan fingerprint density at radius 1 is 1.38 bits per heavy atom. The number of aliphatic hydroxyl groups excluding tert-OH is 1. The third-order valence-electron chi connectivity index (χ3n) is 2.63. The standard InChI is InChI=1S/C11H22O2/c1-5-9-10(12)11(6-2,7-3)13-8-4/h5,10,12H,1,6-9H2,2-4H3. The van der Waals surface area contributed by atoms with E-state index in [1.165, 1.54) is 0 Å². The van der Waals surface area contributed by atoms with Crippen LogP contribution >= 0.6 is 0 Å². The van der Waals surface area contributed by atoms with Crippen molar-refractivity contribution in [2.24, 2.45) is 0 Å². The van der Waals surface area contributed by atoms with Crippen LogP contribution in [0.4, 0.5) is 0 Å². The average Bonchev–Trinajstić information content (AvgIpc) is 2.14. The fourth-order valence-electron chi connectivity index (χ4n) is 1.68. The molecule has 0 saturated carbocycles. The molecule has 0 fully saturated rings. The molecule has 0 spiro atoms. The molecule has 0 aliphatic carbocycles. The van der Waals surface area contributed by atoms with Crippen LogP contribution in [0.1, 0.15) is 40.0 Å². The van der Waals surface area contributed by atoms with Gasteiger partial charge in [-0.1, -0.05) is 19.9 Å². The summed E-state index contributed by atoms with van der Waals surface area (Å²) in [6.45, 7) is 10.3. The Hall–Kier alpha value is -0.340. The molecule has 0 aromatic heterocycles. The summed E-state index contributed by atoms with van der Waals surface area (Å²) < 4.78 is 5.64. The summed E-state index contributed by atoms with van der Waals surface area (Å²) in [5.74, 6) is 0. The fraction of sp³-hybridized carbons (Fsp3) is 0.818. The first-order chi connectivity index (χ1) is 6.16. The maximum absolute atomic E-state index is 9.89. The van der Waals surface area contributed by atoms with Crippen molar-refractivity contribution in [3.63, 3.8) is 0 Å². The van der Waals surface area contributed by atoms with Crippen LogP contribution in [0.2, 0.25) is 0 Å². The van der Waals surface area contributed by atoms with Crippen LogP contribution in [0.3, 0.4) is 0 Å². The van der Waals surface area contributed by atoms with Gasteiger partial charge in [-0.15, -0.1) is 6.58 Å². The summed E-state index contributed by atoms with van der Waals surface area (Å²) in [6, 6.07) is 0. The monoisotopic (exact) mass is 186 g/mol. The van der Waals surface area contributed by atoms with Crippen molar-refractivity contribution in [3.8, 4) is 0 Å². The van der Waals surface area contributed by atoms with Gasteiger partial charge in [-0.2, -0.15) is 0 Å². The lowest BCUT2D eigenvalue weighted by Gasteiger charge is -2.35. The molecular formula is C11H22O2. The Bertz CT molecular complexity index is 139. The summed E-state index contributed by atoms with van der Waals surface area (Å²) >= 11 is 0. The van der Waals surface area contributed by atoms with Crippen molar-refractivity contribution in [3.05, 3.63) is 12.7 Å². The Balaban J connectivity index is 4.42. The minimum atomic E-state index is -0.431. The normalized spacial score (nSPS) is 14.2. The second-order valence-electron chi connectivity index (χ2n) is 3.25. The quantitative estimate of drug-likeness (QED) is 0.619. The van der Waals surface area contributed by atoms with Crippen molar-refractivity contribution in [1.29, 1.82) is 0 Å². The molecule has 0 bridgehead atoms. The van der Waals surface area contributed by atoms with Crippen molar-refractivity contribution < 1.29 is 9.84 Å². The van der Waals surface area contributed by atoms with Crippen molar-refractivity contribution in [2.75, 3.05) is 6.61 Å². The van der Waals surface area contributed by atoms with E-state index in [1.807, 2.05) is 20.8 Å². The molecule has 0 aliphatic rings. The van der Waals surface area contributed by atoms with Crippen LogP contribution < -0.4 is 0 Å². The minimum Gasteiger partial charge on any atom is -0.390 e. The lowest BCUT2D eigenvalue weighted by atomic mass is 9.88. The van der Waals surface area contributed by atoms with E-state index < -0.39 is 6.10 Å². The van der Waals surface area contributed by atoms with E-state index >= 15 is 0 Å². The molecule has 1 unspecified atom stereocenters.